The number of para-hydroxylation sites is 2. The number of imide groups is 1. The number of anilines is 2. The van der Waals surface area contributed by atoms with Crippen LogP contribution in [-0.2, 0) is 16.2 Å². The number of ether oxygens (including phenoxy) is 2. The number of amides is 2. The van der Waals surface area contributed by atoms with Crippen LogP contribution in [0.3, 0.4) is 0 Å². The molecule has 4 aromatic carbocycles. The van der Waals surface area contributed by atoms with Crippen molar-refractivity contribution >= 4 is 23.2 Å². The Labute approximate surface area is 248 Å². The standard InChI is InChI=1S/C34H30FN3O5/c1-42-29-19-16-23(20-30(29)43-21-22-10-4-2-5-11-22)32(39)28-18-17-25-31(38(28)36-27-15-9-8-14-26(27)35)34(41)37(33(25)40)24-12-6-3-7-13-24/h2-20,25,28,31-32,36,39H,21H2,1H3. The maximum absolute atomic E-state index is 14.9. The molecule has 0 aliphatic carbocycles. The number of carbonyl (C=O) groups excluding carboxylic acids is 2. The van der Waals surface area contributed by atoms with Crippen LogP contribution in [0.1, 0.15) is 17.2 Å². The number of carbonyl (C=O) groups is 2. The highest BCUT2D eigenvalue weighted by Crippen LogP contribution is 2.39. The van der Waals surface area contributed by atoms with E-state index in [1.54, 1.807) is 72.8 Å². The first-order chi connectivity index (χ1) is 21.0. The minimum Gasteiger partial charge on any atom is -0.493 e. The predicted molar refractivity (Wildman–Crippen MR) is 160 cm³/mol. The normalized spacial score (nSPS) is 20.5. The van der Waals surface area contributed by atoms with Gasteiger partial charge in [0.25, 0.3) is 5.91 Å². The van der Waals surface area contributed by atoms with E-state index >= 15 is 0 Å². The predicted octanol–water partition coefficient (Wildman–Crippen LogP) is 5.27. The topological polar surface area (TPSA) is 91.3 Å². The van der Waals surface area contributed by atoms with Crippen molar-refractivity contribution in [2.75, 3.05) is 17.4 Å². The second kappa shape index (κ2) is 12.1. The molecule has 2 aliphatic rings. The lowest BCUT2D eigenvalue weighted by Crippen LogP contribution is -2.55. The van der Waals surface area contributed by atoms with Crippen molar-refractivity contribution in [3.63, 3.8) is 0 Å². The van der Waals surface area contributed by atoms with Crippen LogP contribution in [-0.4, -0.2) is 41.1 Å². The molecule has 0 aromatic heterocycles. The Morgan fingerprint density at radius 3 is 2.28 bits per heavy atom. The number of hydrogen-bond donors (Lipinski definition) is 2. The Morgan fingerprint density at radius 1 is 0.860 bits per heavy atom. The molecule has 2 aliphatic heterocycles. The van der Waals surface area contributed by atoms with Gasteiger partial charge in [-0.2, -0.15) is 0 Å². The fourth-order valence-electron chi connectivity index (χ4n) is 5.52. The van der Waals surface area contributed by atoms with Crippen molar-refractivity contribution in [1.82, 2.24) is 5.01 Å². The smallest absolute Gasteiger partial charge is 0.254 e. The third-order valence-corrected chi connectivity index (χ3v) is 7.68. The van der Waals surface area contributed by atoms with Gasteiger partial charge in [-0.25, -0.2) is 14.3 Å². The van der Waals surface area contributed by atoms with E-state index in [4.69, 9.17) is 9.47 Å². The summed E-state index contributed by atoms with van der Waals surface area (Å²) in [7, 11) is 1.53. The number of benzene rings is 4. The zero-order valence-electron chi connectivity index (χ0n) is 23.3. The Morgan fingerprint density at radius 2 is 1.56 bits per heavy atom. The molecular weight excluding hydrogens is 549 g/mol. The van der Waals surface area contributed by atoms with Gasteiger partial charge in [0.1, 0.15) is 24.6 Å². The highest BCUT2D eigenvalue weighted by atomic mass is 19.1. The van der Waals surface area contributed by atoms with Crippen LogP contribution >= 0.6 is 0 Å². The monoisotopic (exact) mass is 579 g/mol. The molecular formula is C34H30FN3O5. The highest BCUT2D eigenvalue weighted by molar-refractivity contribution is 6.24. The number of methoxy groups -OCH3 is 1. The van der Waals surface area contributed by atoms with Gasteiger partial charge in [0, 0.05) is 0 Å². The van der Waals surface area contributed by atoms with Crippen LogP contribution in [0.2, 0.25) is 0 Å². The quantitative estimate of drug-likeness (QED) is 0.206. The number of halogens is 1. The fourth-order valence-corrected chi connectivity index (χ4v) is 5.52. The number of nitrogens with zero attached hydrogens (tertiary/aromatic N) is 2. The van der Waals surface area contributed by atoms with Crippen LogP contribution in [0.5, 0.6) is 11.5 Å². The Hall–Kier alpha value is -4.99. The fraction of sp³-hybridized carbons (Fsp3) is 0.176. The Kier molecular flexibility index (Phi) is 7.91. The maximum Gasteiger partial charge on any atom is 0.254 e. The van der Waals surface area contributed by atoms with Crippen LogP contribution in [0.15, 0.2) is 115 Å². The minimum absolute atomic E-state index is 0.105. The molecule has 0 spiro atoms. The minimum atomic E-state index is -1.20. The van der Waals surface area contributed by atoms with Crippen molar-refractivity contribution in [2.24, 2.45) is 5.92 Å². The van der Waals surface area contributed by atoms with Crippen molar-refractivity contribution in [3.05, 3.63) is 132 Å². The van der Waals surface area contributed by atoms with Crippen LogP contribution in [0.4, 0.5) is 15.8 Å². The first-order valence-corrected chi connectivity index (χ1v) is 13.9. The van der Waals surface area contributed by atoms with E-state index in [9.17, 15) is 19.1 Å². The van der Waals surface area contributed by atoms with Crippen molar-refractivity contribution < 1.29 is 28.6 Å². The van der Waals surface area contributed by atoms with Gasteiger partial charge in [0.15, 0.2) is 11.5 Å². The molecule has 2 amide bonds. The van der Waals surface area contributed by atoms with Gasteiger partial charge in [-0.15, -0.1) is 0 Å². The Bertz CT molecular complexity index is 1650. The summed E-state index contributed by atoms with van der Waals surface area (Å²) in [4.78, 5) is 28.5. The van der Waals surface area contributed by atoms with Crippen molar-refractivity contribution in [1.29, 1.82) is 0 Å². The molecule has 9 heteroatoms. The van der Waals surface area contributed by atoms with Crippen molar-refractivity contribution in [3.8, 4) is 11.5 Å². The van der Waals surface area contributed by atoms with Crippen LogP contribution in [0.25, 0.3) is 0 Å². The summed E-state index contributed by atoms with van der Waals surface area (Å²) in [6, 6.07) is 27.6. The van der Waals surface area contributed by atoms with E-state index in [0.717, 1.165) is 10.5 Å². The summed E-state index contributed by atoms with van der Waals surface area (Å²) in [5, 5.41) is 13.2. The maximum atomic E-state index is 14.9. The number of aliphatic hydroxyl groups is 1. The lowest BCUT2D eigenvalue weighted by molar-refractivity contribution is -0.123. The average Bonchev–Trinajstić information content (AvgIpc) is 3.30. The second-order valence-corrected chi connectivity index (χ2v) is 10.3. The van der Waals surface area contributed by atoms with E-state index < -0.39 is 41.7 Å². The summed E-state index contributed by atoms with van der Waals surface area (Å²) in [5.41, 5.74) is 5.01. The SMILES string of the molecule is COc1ccc(C(O)C2C=CC3C(=O)N(c4ccccc4)C(=O)C3N2Nc2ccccc2F)cc1OCc1ccccc1. The molecule has 2 N–H and O–H groups in total. The number of hydrazine groups is 1. The van der Waals surface area contributed by atoms with Gasteiger partial charge in [0.2, 0.25) is 5.91 Å². The van der Waals surface area contributed by atoms with Crippen LogP contribution < -0.4 is 19.8 Å². The first kappa shape index (κ1) is 28.1. The molecule has 0 saturated carbocycles. The molecule has 1 saturated heterocycles. The van der Waals surface area contributed by atoms with E-state index in [1.165, 1.54) is 24.3 Å². The van der Waals surface area contributed by atoms with Gasteiger partial charge < -0.3 is 20.0 Å². The molecule has 4 aromatic rings. The van der Waals surface area contributed by atoms with Gasteiger partial charge in [-0.3, -0.25) is 9.59 Å². The van der Waals surface area contributed by atoms with Crippen LogP contribution in [0, 0.1) is 11.7 Å². The molecule has 1 fully saturated rings. The molecule has 2 heterocycles. The summed E-state index contributed by atoms with van der Waals surface area (Å²) in [6.45, 7) is 0.288. The molecule has 218 valence electrons. The van der Waals surface area contributed by atoms with E-state index in [1.807, 2.05) is 30.3 Å². The largest absolute Gasteiger partial charge is 0.493 e. The molecule has 4 unspecified atom stereocenters. The van der Waals surface area contributed by atoms with Crippen molar-refractivity contribution in [2.45, 2.75) is 24.8 Å². The summed E-state index contributed by atoms with van der Waals surface area (Å²) in [6.07, 6.45) is 2.13. The van der Waals surface area contributed by atoms with E-state index in [2.05, 4.69) is 5.43 Å². The van der Waals surface area contributed by atoms with Gasteiger partial charge >= 0.3 is 0 Å². The third-order valence-electron chi connectivity index (χ3n) is 7.68. The summed E-state index contributed by atoms with van der Waals surface area (Å²) in [5.74, 6) is -1.34. The molecule has 0 radical (unpaired) electrons. The molecule has 43 heavy (non-hydrogen) atoms. The number of aliphatic hydroxyl groups excluding tert-OH is 1. The Balaban J connectivity index is 1.35. The zero-order valence-corrected chi connectivity index (χ0v) is 23.3. The number of hydrogen-bond acceptors (Lipinski definition) is 7. The summed E-state index contributed by atoms with van der Waals surface area (Å²) >= 11 is 0. The van der Waals surface area contributed by atoms with Gasteiger partial charge in [-0.05, 0) is 47.5 Å². The molecule has 0 bridgehead atoms. The average molecular weight is 580 g/mol. The molecule has 4 atom stereocenters. The highest BCUT2D eigenvalue weighted by Gasteiger charge is 2.54. The summed E-state index contributed by atoms with van der Waals surface area (Å²) < 4.78 is 26.4. The second-order valence-electron chi connectivity index (χ2n) is 10.3. The number of nitrogens with one attached hydrogen (secondary N) is 1. The first-order valence-electron chi connectivity index (χ1n) is 13.9. The zero-order chi connectivity index (χ0) is 29.9. The number of rotatable bonds is 9. The van der Waals surface area contributed by atoms with Gasteiger partial charge in [-0.1, -0.05) is 78.9 Å². The number of fused-ring (bicyclic) bond motifs is 1. The van der Waals surface area contributed by atoms with E-state index in [0.29, 0.717) is 22.7 Å². The van der Waals surface area contributed by atoms with Gasteiger partial charge in [0.05, 0.1) is 30.4 Å². The third kappa shape index (κ3) is 5.48. The lowest BCUT2D eigenvalue weighted by Gasteiger charge is -2.40. The van der Waals surface area contributed by atoms with E-state index in [-0.39, 0.29) is 12.3 Å². The molecule has 8 nitrogen and oxygen atoms in total. The molecule has 6 rings (SSSR count). The lowest BCUT2D eigenvalue weighted by atomic mass is 9.90.